The lowest BCUT2D eigenvalue weighted by Crippen LogP contribution is -2.47. The number of fused-ring (bicyclic) bond motifs is 3. The molecule has 0 radical (unpaired) electrons. The van der Waals surface area contributed by atoms with Crippen molar-refractivity contribution in [3.63, 3.8) is 0 Å². The van der Waals surface area contributed by atoms with Gasteiger partial charge in [0.15, 0.2) is 0 Å². The quantitative estimate of drug-likeness (QED) is 0.489. The largest absolute Gasteiger partial charge is 0.367 e. The van der Waals surface area contributed by atoms with Gasteiger partial charge in [0.1, 0.15) is 11.0 Å². The van der Waals surface area contributed by atoms with Crippen LogP contribution in [0.15, 0.2) is 47.7 Å². The molecule has 0 saturated heterocycles. The summed E-state index contributed by atoms with van der Waals surface area (Å²) in [6.07, 6.45) is 3.67. The van der Waals surface area contributed by atoms with E-state index in [2.05, 4.69) is 30.9 Å². The molecule has 0 amide bonds. The zero-order valence-corrected chi connectivity index (χ0v) is 10.1. The van der Waals surface area contributed by atoms with Crippen molar-refractivity contribution in [2.24, 2.45) is 10.7 Å². The zero-order chi connectivity index (χ0) is 12.8. The molecule has 0 fully saturated rings. The second-order valence-electron chi connectivity index (χ2n) is 4.52. The topological polar surface area (TPSA) is 85.9 Å². The van der Waals surface area contributed by atoms with Gasteiger partial charge in [-0.15, -0.1) is 0 Å². The fourth-order valence-electron chi connectivity index (χ4n) is 2.51. The van der Waals surface area contributed by atoms with Crippen LogP contribution in [-0.4, -0.2) is 15.9 Å². The van der Waals surface area contributed by atoms with Crippen LogP contribution in [0.5, 0.6) is 0 Å². The van der Waals surface area contributed by atoms with E-state index in [1.54, 1.807) is 0 Å². The molecule has 2 aromatic heterocycles. The Bertz CT molecular complexity index is 768. The number of anilines is 1. The summed E-state index contributed by atoms with van der Waals surface area (Å²) in [7, 11) is 0. The minimum Gasteiger partial charge on any atom is -0.367 e. The number of guanidine groups is 1. The van der Waals surface area contributed by atoms with Crippen LogP contribution < -0.4 is 15.6 Å². The molecule has 1 aliphatic heterocycles. The normalized spacial score (nSPS) is 17.9. The van der Waals surface area contributed by atoms with Gasteiger partial charge >= 0.3 is 5.95 Å². The Labute approximate surface area is 109 Å². The van der Waals surface area contributed by atoms with Crippen LogP contribution in [0.4, 0.5) is 5.95 Å². The second-order valence-corrected chi connectivity index (χ2v) is 4.52. The maximum Gasteiger partial charge on any atom is 0.365 e. The van der Waals surface area contributed by atoms with E-state index in [0.717, 1.165) is 22.5 Å². The summed E-state index contributed by atoms with van der Waals surface area (Å²) in [5, 5.41) is 3.07. The molecule has 0 bridgehead atoms. The number of imidazole rings is 1. The smallest absolute Gasteiger partial charge is 0.365 e. The predicted molar refractivity (Wildman–Crippen MR) is 72.7 cm³/mol. The fourth-order valence-corrected chi connectivity index (χ4v) is 2.51. The lowest BCUT2D eigenvalue weighted by molar-refractivity contribution is -0.674. The molecule has 0 saturated carbocycles. The number of nitrogens with zero attached hydrogens (tertiary/aromatic N) is 2. The molecule has 3 aromatic rings. The standard InChI is InChI=1S/C13H12N6/c14-12-17-11(8-5-6-15-7-8)19-10-4-2-1-3-9(10)16-13(19)18-12/h1-7,11,15H,(H3,14,16,17,18)/p+1/t11-/m0/s1. The van der Waals surface area contributed by atoms with Gasteiger partial charge in [-0.05, 0) is 18.2 Å². The Hall–Kier alpha value is -2.76. The highest BCUT2D eigenvalue weighted by Gasteiger charge is 2.30. The molecule has 1 aliphatic rings. The lowest BCUT2D eigenvalue weighted by atomic mass is 10.2. The highest BCUT2D eigenvalue weighted by molar-refractivity contribution is 5.92. The van der Waals surface area contributed by atoms with Crippen molar-refractivity contribution in [2.75, 3.05) is 5.32 Å². The number of aromatic nitrogens is 3. The van der Waals surface area contributed by atoms with Crippen molar-refractivity contribution in [3.8, 4) is 0 Å². The van der Waals surface area contributed by atoms with E-state index in [-0.39, 0.29) is 6.17 Å². The van der Waals surface area contributed by atoms with Crippen LogP contribution in [0.25, 0.3) is 11.0 Å². The second kappa shape index (κ2) is 3.61. The molecule has 6 nitrogen and oxygen atoms in total. The Kier molecular flexibility index (Phi) is 1.94. The number of aliphatic imine (C=N–C) groups is 1. The third kappa shape index (κ3) is 1.43. The molecule has 19 heavy (non-hydrogen) atoms. The number of hydrogen-bond acceptors (Lipinski definition) is 3. The highest BCUT2D eigenvalue weighted by Crippen LogP contribution is 2.23. The van der Waals surface area contributed by atoms with Gasteiger partial charge in [0.25, 0.3) is 5.96 Å². The zero-order valence-electron chi connectivity index (χ0n) is 10.1. The van der Waals surface area contributed by atoms with Gasteiger partial charge in [0.2, 0.25) is 6.17 Å². The van der Waals surface area contributed by atoms with Gasteiger partial charge in [-0.25, -0.2) is 14.9 Å². The van der Waals surface area contributed by atoms with Crippen LogP contribution >= 0.6 is 0 Å². The number of nitrogens with one attached hydrogen (secondary N) is 3. The number of benzene rings is 1. The van der Waals surface area contributed by atoms with Crippen LogP contribution in [-0.2, 0) is 0 Å². The van der Waals surface area contributed by atoms with Crippen LogP contribution in [0.3, 0.4) is 0 Å². The molecule has 1 aromatic carbocycles. The summed E-state index contributed by atoms with van der Waals surface area (Å²) in [6.45, 7) is 0. The van der Waals surface area contributed by atoms with E-state index < -0.39 is 0 Å². The minimum atomic E-state index is -0.154. The summed E-state index contributed by atoms with van der Waals surface area (Å²) in [5.41, 5.74) is 9.07. The van der Waals surface area contributed by atoms with E-state index >= 15 is 0 Å². The molecule has 94 valence electrons. The number of H-pyrrole nitrogens is 2. The molecule has 0 aliphatic carbocycles. The monoisotopic (exact) mass is 253 g/mol. The first-order valence-electron chi connectivity index (χ1n) is 6.08. The minimum absolute atomic E-state index is 0.154. The molecular weight excluding hydrogens is 240 g/mol. The average molecular weight is 253 g/mol. The third-order valence-electron chi connectivity index (χ3n) is 3.33. The van der Waals surface area contributed by atoms with Gasteiger partial charge in [-0.3, -0.25) is 0 Å². The Balaban J connectivity index is 2.00. The maximum atomic E-state index is 5.86. The fraction of sp³-hybridized carbons (Fsp3) is 0.0769. The van der Waals surface area contributed by atoms with Crippen LogP contribution in [0, 0.1) is 0 Å². The van der Waals surface area contributed by atoms with Gasteiger partial charge in [0.05, 0.1) is 0 Å². The van der Waals surface area contributed by atoms with Gasteiger partial charge in [0, 0.05) is 18.0 Å². The Morgan fingerprint density at radius 1 is 1.21 bits per heavy atom. The molecule has 6 heteroatoms. The summed E-state index contributed by atoms with van der Waals surface area (Å²) in [5.74, 6) is 1.26. The number of nitrogens with two attached hydrogens (primary N) is 1. The predicted octanol–water partition coefficient (Wildman–Crippen LogP) is 1.07. The Morgan fingerprint density at radius 3 is 2.95 bits per heavy atom. The van der Waals surface area contributed by atoms with Crippen molar-refractivity contribution in [1.29, 1.82) is 0 Å². The van der Waals surface area contributed by atoms with Crippen molar-refractivity contribution < 1.29 is 4.57 Å². The number of aromatic amines is 2. The summed E-state index contributed by atoms with van der Waals surface area (Å²) in [6, 6.07) is 10.1. The Morgan fingerprint density at radius 2 is 2.11 bits per heavy atom. The molecule has 4 rings (SSSR count). The van der Waals surface area contributed by atoms with Crippen LogP contribution in [0.2, 0.25) is 0 Å². The van der Waals surface area contributed by atoms with Crippen molar-refractivity contribution in [3.05, 3.63) is 48.3 Å². The molecule has 0 spiro atoms. The third-order valence-corrected chi connectivity index (χ3v) is 3.33. The van der Waals surface area contributed by atoms with Crippen molar-refractivity contribution >= 4 is 22.9 Å². The summed E-state index contributed by atoms with van der Waals surface area (Å²) < 4.78 is 2.11. The van der Waals surface area contributed by atoms with Crippen LogP contribution in [0.1, 0.15) is 11.7 Å². The highest BCUT2D eigenvalue weighted by atomic mass is 15.4. The number of para-hydroxylation sites is 2. The molecule has 5 N–H and O–H groups in total. The first kappa shape index (κ1) is 10.2. The SMILES string of the molecule is NC1=N[C@H](c2cc[nH]c2)[n+]2c([nH]c3ccccc32)N1. The lowest BCUT2D eigenvalue weighted by Gasteiger charge is -2.16. The van der Waals surface area contributed by atoms with E-state index in [1.165, 1.54) is 0 Å². The van der Waals surface area contributed by atoms with E-state index in [4.69, 9.17) is 5.73 Å². The summed E-state index contributed by atoms with van der Waals surface area (Å²) >= 11 is 0. The number of hydrogen-bond donors (Lipinski definition) is 4. The molecule has 1 atom stereocenters. The van der Waals surface area contributed by atoms with Gasteiger partial charge in [-0.2, -0.15) is 4.99 Å². The average Bonchev–Trinajstić information content (AvgIpc) is 3.04. The maximum absolute atomic E-state index is 5.86. The number of rotatable bonds is 1. The molecular formula is C13H13N6+. The van der Waals surface area contributed by atoms with Gasteiger partial charge < -0.3 is 10.7 Å². The first-order valence-corrected chi connectivity index (χ1v) is 6.08. The molecule has 0 unspecified atom stereocenters. The van der Waals surface area contributed by atoms with Gasteiger partial charge in [-0.1, -0.05) is 12.1 Å². The van der Waals surface area contributed by atoms with E-state index in [0.29, 0.717) is 5.96 Å². The van der Waals surface area contributed by atoms with E-state index in [1.807, 2.05) is 36.7 Å². The van der Waals surface area contributed by atoms with Crippen molar-refractivity contribution in [2.45, 2.75) is 6.17 Å². The van der Waals surface area contributed by atoms with Crippen molar-refractivity contribution in [1.82, 2.24) is 9.97 Å². The first-order chi connectivity index (χ1) is 9.33. The molecule has 3 heterocycles. The summed E-state index contributed by atoms with van der Waals surface area (Å²) in [4.78, 5) is 10.9. The van der Waals surface area contributed by atoms with E-state index in [9.17, 15) is 0 Å².